The lowest BCUT2D eigenvalue weighted by molar-refractivity contribution is -0.141. The highest BCUT2D eigenvalue weighted by molar-refractivity contribution is 5.96. The minimum absolute atomic E-state index is 0.0295. The summed E-state index contributed by atoms with van der Waals surface area (Å²) >= 11 is 0. The van der Waals surface area contributed by atoms with Crippen molar-refractivity contribution in [3.8, 4) is 5.75 Å². The molecule has 0 radical (unpaired) electrons. The summed E-state index contributed by atoms with van der Waals surface area (Å²) in [5.74, 6) is 0.509. The molecule has 1 fully saturated rings. The van der Waals surface area contributed by atoms with Gasteiger partial charge in [-0.05, 0) is 31.0 Å². The third kappa shape index (κ3) is 3.11. The fourth-order valence-electron chi connectivity index (χ4n) is 3.24. The first-order chi connectivity index (χ1) is 11.1. The van der Waals surface area contributed by atoms with E-state index in [-0.39, 0.29) is 24.3 Å². The van der Waals surface area contributed by atoms with Crippen LogP contribution in [0.25, 0.3) is 0 Å². The van der Waals surface area contributed by atoms with Crippen LogP contribution in [-0.2, 0) is 9.53 Å². The highest BCUT2D eigenvalue weighted by atomic mass is 16.5. The maximum absolute atomic E-state index is 12.8. The number of ether oxygens (including phenoxy) is 2. The van der Waals surface area contributed by atoms with Gasteiger partial charge in [0, 0.05) is 25.2 Å². The zero-order valence-electron chi connectivity index (χ0n) is 13.6. The van der Waals surface area contributed by atoms with Crippen molar-refractivity contribution in [1.29, 1.82) is 0 Å². The average molecular weight is 318 g/mol. The van der Waals surface area contributed by atoms with Gasteiger partial charge < -0.3 is 19.3 Å². The number of carbonyl (C=O) groups is 2. The summed E-state index contributed by atoms with van der Waals surface area (Å²) in [6.07, 6.45) is 2.02. The zero-order valence-corrected chi connectivity index (χ0v) is 13.6. The molecular formula is C17H22N2O4. The molecule has 1 unspecified atom stereocenters. The molecule has 1 aromatic rings. The Labute approximate surface area is 136 Å². The molecule has 2 aliphatic rings. The van der Waals surface area contributed by atoms with E-state index >= 15 is 0 Å². The molecule has 6 nitrogen and oxygen atoms in total. The molecule has 0 N–H and O–H groups in total. The molecule has 1 amide bonds. The topological polar surface area (TPSA) is 59.1 Å². The molecule has 3 rings (SSSR count). The summed E-state index contributed by atoms with van der Waals surface area (Å²) in [7, 11) is 3.37. The number of carbonyl (C=O) groups excluding carboxylic acids is 2. The molecule has 1 atom stereocenters. The molecule has 0 saturated carbocycles. The van der Waals surface area contributed by atoms with Gasteiger partial charge in [0.2, 0.25) is 0 Å². The first-order valence-corrected chi connectivity index (χ1v) is 7.96. The molecule has 0 aliphatic carbocycles. The summed E-state index contributed by atoms with van der Waals surface area (Å²) in [6, 6.07) is 5.46. The predicted molar refractivity (Wildman–Crippen MR) is 85.9 cm³/mol. The van der Waals surface area contributed by atoms with Crippen molar-refractivity contribution < 1.29 is 19.1 Å². The van der Waals surface area contributed by atoms with E-state index in [2.05, 4.69) is 4.90 Å². The Morgan fingerprint density at radius 3 is 2.96 bits per heavy atom. The molecule has 1 aromatic carbocycles. The molecule has 2 heterocycles. The van der Waals surface area contributed by atoms with Crippen molar-refractivity contribution in [1.82, 2.24) is 4.90 Å². The number of hydrogen-bond acceptors (Lipinski definition) is 5. The molecule has 124 valence electrons. The van der Waals surface area contributed by atoms with Crippen molar-refractivity contribution in [2.45, 2.75) is 25.3 Å². The molecule has 0 aromatic heterocycles. The van der Waals surface area contributed by atoms with Crippen molar-refractivity contribution in [2.75, 3.05) is 38.8 Å². The van der Waals surface area contributed by atoms with E-state index in [1.54, 1.807) is 11.0 Å². The largest absolute Gasteiger partial charge is 0.490 e. The highest BCUT2D eigenvalue weighted by Crippen LogP contribution is 2.32. The van der Waals surface area contributed by atoms with E-state index in [1.165, 1.54) is 7.11 Å². The van der Waals surface area contributed by atoms with Crippen LogP contribution in [0, 0.1) is 0 Å². The van der Waals surface area contributed by atoms with Gasteiger partial charge >= 0.3 is 5.97 Å². The average Bonchev–Trinajstić information content (AvgIpc) is 3.02. The maximum atomic E-state index is 12.8. The number of benzene rings is 1. The smallest absolute Gasteiger partial charge is 0.307 e. The van der Waals surface area contributed by atoms with Gasteiger partial charge in [-0.25, -0.2) is 0 Å². The Kier molecular flexibility index (Phi) is 4.41. The Hall–Kier alpha value is -2.24. The fourth-order valence-corrected chi connectivity index (χ4v) is 3.24. The predicted octanol–water partition coefficient (Wildman–Crippen LogP) is 1.68. The lowest BCUT2D eigenvalue weighted by Gasteiger charge is -2.29. The Balaban J connectivity index is 1.79. The van der Waals surface area contributed by atoms with Crippen LogP contribution in [0.15, 0.2) is 18.2 Å². The lowest BCUT2D eigenvalue weighted by Crippen LogP contribution is -2.37. The van der Waals surface area contributed by atoms with Gasteiger partial charge in [0.15, 0.2) is 0 Å². The van der Waals surface area contributed by atoms with Gasteiger partial charge in [0.25, 0.3) is 5.91 Å². The molecule has 0 spiro atoms. The standard InChI is InChI=1S/C17H22N2O4/c1-18-8-9-23-15-6-5-12(10-14(15)18)17(21)19-7-3-4-13(19)11-16(20)22-2/h5-6,10,13H,3-4,7-9,11H2,1-2H3. The lowest BCUT2D eigenvalue weighted by atomic mass is 10.1. The fraction of sp³-hybridized carbons (Fsp3) is 0.529. The number of methoxy groups -OCH3 is 1. The van der Waals surface area contributed by atoms with Gasteiger partial charge in [-0.2, -0.15) is 0 Å². The summed E-state index contributed by atoms with van der Waals surface area (Å²) in [6.45, 7) is 2.15. The molecule has 6 heteroatoms. The van der Waals surface area contributed by atoms with Gasteiger partial charge in [-0.15, -0.1) is 0 Å². The van der Waals surface area contributed by atoms with E-state index in [9.17, 15) is 9.59 Å². The SMILES string of the molecule is COC(=O)CC1CCCN1C(=O)c1ccc2c(c1)N(C)CCO2. The van der Waals surface area contributed by atoms with Crippen molar-refractivity contribution in [3.63, 3.8) is 0 Å². The van der Waals surface area contributed by atoms with E-state index in [0.717, 1.165) is 30.8 Å². The second-order valence-corrected chi connectivity index (χ2v) is 6.03. The summed E-state index contributed by atoms with van der Waals surface area (Å²) in [5, 5.41) is 0. The van der Waals surface area contributed by atoms with Crippen LogP contribution in [0.1, 0.15) is 29.6 Å². The Morgan fingerprint density at radius 2 is 2.17 bits per heavy atom. The van der Waals surface area contributed by atoms with Gasteiger partial charge in [0.05, 0.1) is 25.8 Å². The number of rotatable bonds is 3. The van der Waals surface area contributed by atoms with Gasteiger partial charge in [0.1, 0.15) is 12.4 Å². The van der Waals surface area contributed by atoms with Gasteiger partial charge in [-0.1, -0.05) is 0 Å². The molecule has 0 bridgehead atoms. The van der Waals surface area contributed by atoms with Crippen LogP contribution in [0.4, 0.5) is 5.69 Å². The third-order valence-electron chi connectivity index (χ3n) is 4.57. The Bertz CT molecular complexity index is 617. The summed E-state index contributed by atoms with van der Waals surface area (Å²) in [5.41, 5.74) is 1.57. The number of fused-ring (bicyclic) bond motifs is 1. The normalized spacial score (nSPS) is 20.0. The molecule has 23 heavy (non-hydrogen) atoms. The first-order valence-electron chi connectivity index (χ1n) is 7.96. The minimum atomic E-state index is -0.270. The number of anilines is 1. The zero-order chi connectivity index (χ0) is 16.4. The number of likely N-dealkylation sites (tertiary alicyclic amines) is 1. The summed E-state index contributed by atoms with van der Waals surface area (Å²) in [4.78, 5) is 28.2. The second kappa shape index (κ2) is 6.48. The molecule has 1 saturated heterocycles. The van der Waals surface area contributed by atoms with Crippen LogP contribution in [0.5, 0.6) is 5.75 Å². The van der Waals surface area contributed by atoms with E-state index in [0.29, 0.717) is 18.7 Å². The van der Waals surface area contributed by atoms with E-state index < -0.39 is 0 Å². The number of likely N-dealkylation sites (N-methyl/N-ethyl adjacent to an activating group) is 1. The van der Waals surface area contributed by atoms with Crippen molar-refractivity contribution in [2.24, 2.45) is 0 Å². The van der Waals surface area contributed by atoms with Crippen LogP contribution in [0.3, 0.4) is 0 Å². The van der Waals surface area contributed by atoms with Crippen LogP contribution >= 0.6 is 0 Å². The van der Waals surface area contributed by atoms with E-state index in [4.69, 9.17) is 9.47 Å². The van der Waals surface area contributed by atoms with Crippen molar-refractivity contribution in [3.05, 3.63) is 23.8 Å². The Morgan fingerprint density at radius 1 is 1.35 bits per heavy atom. The quantitative estimate of drug-likeness (QED) is 0.794. The van der Waals surface area contributed by atoms with Crippen molar-refractivity contribution >= 4 is 17.6 Å². The van der Waals surface area contributed by atoms with Crippen LogP contribution in [0.2, 0.25) is 0 Å². The number of hydrogen-bond donors (Lipinski definition) is 0. The van der Waals surface area contributed by atoms with Gasteiger partial charge in [-0.3, -0.25) is 9.59 Å². The highest BCUT2D eigenvalue weighted by Gasteiger charge is 2.31. The maximum Gasteiger partial charge on any atom is 0.307 e. The number of amides is 1. The number of esters is 1. The summed E-state index contributed by atoms with van der Waals surface area (Å²) < 4.78 is 10.3. The molecular weight excluding hydrogens is 296 g/mol. The first kappa shape index (κ1) is 15.6. The van der Waals surface area contributed by atoms with E-state index in [1.807, 2.05) is 19.2 Å². The number of nitrogens with zero attached hydrogens (tertiary/aromatic N) is 2. The van der Waals surface area contributed by atoms with Crippen LogP contribution < -0.4 is 9.64 Å². The third-order valence-corrected chi connectivity index (χ3v) is 4.57. The monoisotopic (exact) mass is 318 g/mol. The van der Waals surface area contributed by atoms with Crippen LogP contribution in [-0.4, -0.2) is 56.7 Å². The minimum Gasteiger partial charge on any atom is -0.490 e. The molecule has 2 aliphatic heterocycles. The second-order valence-electron chi connectivity index (χ2n) is 6.03.